The average molecular weight is 241 g/mol. The first-order valence-corrected chi connectivity index (χ1v) is 6.17. The quantitative estimate of drug-likeness (QED) is 0.891. The molecule has 1 atom stereocenters. The minimum absolute atomic E-state index is 0.225. The Morgan fingerprint density at radius 3 is 2.83 bits per heavy atom. The van der Waals surface area contributed by atoms with Gasteiger partial charge in [0.2, 0.25) is 5.88 Å². The predicted molar refractivity (Wildman–Crippen MR) is 69.4 cm³/mol. The summed E-state index contributed by atoms with van der Waals surface area (Å²) in [7, 11) is 0. The van der Waals surface area contributed by atoms with E-state index in [0.717, 1.165) is 30.8 Å². The molecule has 4 heteroatoms. The second-order valence-corrected chi connectivity index (χ2v) is 4.34. The molecule has 2 aromatic rings. The molecule has 1 N–H and O–H groups in total. The van der Waals surface area contributed by atoms with E-state index in [-0.39, 0.29) is 6.10 Å². The highest BCUT2D eigenvalue weighted by atomic mass is 16.5. The zero-order valence-corrected chi connectivity index (χ0v) is 10.0. The van der Waals surface area contributed by atoms with Crippen LogP contribution in [0.25, 0.3) is 11.3 Å². The Morgan fingerprint density at radius 1 is 1.17 bits per heavy atom. The third kappa shape index (κ3) is 2.49. The Balaban J connectivity index is 1.80. The van der Waals surface area contributed by atoms with Crippen LogP contribution in [0, 0.1) is 0 Å². The van der Waals surface area contributed by atoms with Crippen molar-refractivity contribution in [1.29, 1.82) is 0 Å². The molecule has 0 bridgehead atoms. The molecular weight excluding hydrogens is 226 g/mol. The van der Waals surface area contributed by atoms with Gasteiger partial charge in [0.15, 0.2) is 0 Å². The van der Waals surface area contributed by atoms with Gasteiger partial charge in [-0.15, -0.1) is 0 Å². The fraction of sp³-hybridized carbons (Fsp3) is 0.286. The van der Waals surface area contributed by atoms with Crippen LogP contribution in [0.3, 0.4) is 0 Å². The van der Waals surface area contributed by atoms with Gasteiger partial charge in [-0.1, -0.05) is 30.3 Å². The Labute approximate surface area is 106 Å². The number of nitrogens with zero attached hydrogens (tertiary/aromatic N) is 2. The number of hydrogen-bond donors (Lipinski definition) is 1. The third-order valence-corrected chi connectivity index (χ3v) is 3.01. The summed E-state index contributed by atoms with van der Waals surface area (Å²) in [4.78, 5) is 8.44. The second kappa shape index (κ2) is 5.14. The van der Waals surface area contributed by atoms with Crippen LogP contribution in [0.4, 0.5) is 0 Å². The second-order valence-electron chi connectivity index (χ2n) is 4.34. The molecule has 2 heterocycles. The SMILES string of the molecule is c1ccc(-c2cc(OC3CCNC3)ncn2)cc1. The molecule has 1 fully saturated rings. The normalized spacial score (nSPS) is 18.8. The molecule has 3 rings (SSSR count). The predicted octanol–water partition coefficient (Wildman–Crippen LogP) is 1.88. The molecule has 1 aromatic carbocycles. The van der Waals surface area contributed by atoms with Gasteiger partial charge in [-0.25, -0.2) is 9.97 Å². The van der Waals surface area contributed by atoms with Gasteiger partial charge in [0.05, 0.1) is 5.69 Å². The van der Waals surface area contributed by atoms with Gasteiger partial charge in [-0.3, -0.25) is 0 Å². The summed E-state index contributed by atoms with van der Waals surface area (Å²) in [6, 6.07) is 11.9. The lowest BCUT2D eigenvalue weighted by Gasteiger charge is -2.11. The Bertz CT molecular complexity index is 509. The van der Waals surface area contributed by atoms with Gasteiger partial charge in [0, 0.05) is 18.2 Å². The monoisotopic (exact) mass is 241 g/mol. The number of hydrogen-bond acceptors (Lipinski definition) is 4. The van der Waals surface area contributed by atoms with Crippen molar-refractivity contribution >= 4 is 0 Å². The van der Waals surface area contributed by atoms with E-state index < -0.39 is 0 Å². The molecule has 1 unspecified atom stereocenters. The lowest BCUT2D eigenvalue weighted by Crippen LogP contribution is -2.20. The minimum atomic E-state index is 0.225. The molecule has 1 aliphatic rings. The molecular formula is C14H15N3O. The van der Waals surface area contributed by atoms with Crippen molar-refractivity contribution in [3.8, 4) is 17.1 Å². The first kappa shape index (κ1) is 11.2. The molecule has 92 valence electrons. The van der Waals surface area contributed by atoms with Crippen molar-refractivity contribution < 1.29 is 4.74 Å². The summed E-state index contributed by atoms with van der Waals surface area (Å²) in [5.41, 5.74) is 1.97. The van der Waals surface area contributed by atoms with E-state index in [1.54, 1.807) is 6.33 Å². The molecule has 1 aromatic heterocycles. The zero-order valence-electron chi connectivity index (χ0n) is 10.0. The van der Waals surface area contributed by atoms with Gasteiger partial charge >= 0.3 is 0 Å². The van der Waals surface area contributed by atoms with E-state index in [1.165, 1.54) is 0 Å². The van der Waals surface area contributed by atoms with E-state index in [0.29, 0.717) is 5.88 Å². The Morgan fingerprint density at radius 2 is 2.06 bits per heavy atom. The smallest absolute Gasteiger partial charge is 0.217 e. The van der Waals surface area contributed by atoms with Crippen LogP contribution in [0.1, 0.15) is 6.42 Å². The van der Waals surface area contributed by atoms with Crippen molar-refractivity contribution in [1.82, 2.24) is 15.3 Å². The Hall–Kier alpha value is -1.94. The lowest BCUT2D eigenvalue weighted by atomic mass is 10.1. The van der Waals surface area contributed by atoms with E-state index in [1.807, 2.05) is 36.4 Å². The lowest BCUT2D eigenvalue weighted by molar-refractivity contribution is 0.214. The van der Waals surface area contributed by atoms with E-state index in [2.05, 4.69) is 15.3 Å². The average Bonchev–Trinajstić information content (AvgIpc) is 2.93. The summed E-state index contributed by atoms with van der Waals surface area (Å²) < 4.78 is 5.82. The molecule has 0 radical (unpaired) electrons. The van der Waals surface area contributed by atoms with Gasteiger partial charge < -0.3 is 10.1 Å². The highest BCUT2D eigenvalue weighted by Crippen LogP contribution is 2.20. The van der Waals surface area contributed by atoms with Crippen LogP contribution in [0.5, 0.6) is 5.88 Å². The fourth-order valence-corrected chi connectivity index (χ4v) is 2.07. The van der Waals surface area contributed by atoms with Gasteiger partial charge in [-0.2, -0.15) is 0 Å². The summed E-state index contributed by atoms with van der Waals surface area (Å²) in [5, 5.41) is 3.27. The molecule has 0 amide bonds. The zero-order chi connectivity index (χ0) is 12.2. The van der Waals surface area contributed by atoms with E-state index >= 15 is 0 Å². The fourth-order valence-electron chi connectivity index (χ4n) is 2.07. The molecule has 0 aliphatic carbocycles. The van der Waals surface area contributed by atoms with Crippen LogP contribution in [0.15, 0.2) is 42.7 Å². The molecule has 0 saturated carbocycles. The van der Waals surface area contributed by atoms with E-state index in [4.69, 9.17) is 4.74 Å². The topological polar surface area (TPSA) is 47.0 Å². The number of nitrogens with one attached hydrogen (secondary N) is 1. The van der Waals surface area contributed by atoms with Crippen LogP contribution >= 0.6 is 0 Å². The molecule has 4 nitrogen and oxygen atoms in total. The van der Waals surface area contributed by atoms with Gasteiger partial charge in [0.1, 0.15) is 12.4 Å². The largest absolute Gasteiger partial charge is 0.473 e. The van der Waals surface area contributed by atoms with Crippen LogP contribution in [0.2, 0.25) is 0 Å². The van der Waals surface area contributed by atoms with Gasteiger partial charge in [0.25, 0.3) is 0 Å². The molecule has 1 saturated heterocycles. The summed E-state index contributed by atoms with van der Waals surface area (Å²) >= 11 is 0. The maximum atomic E-state index is 5.82. The van der Waals surface area contributed by atoms with Crippen molar-refractivity contribution in [2.75, 3.05) is 13.1 Å². The number of rotatable bonds is 3. The maximum absolute atomic E-state index is 5.82. The van der Waals surface area contributed by atoms with E-state index in [9.17, 15) is 0 Å². The minimum Gasteiger partial charge on any atom is -0.473 e. The Kier molecular flexibility index (Phi) is 3.19. The highest BCUT2D eigenvalue weighted by molar-refractivity contribution is 5.59. The number of aromatic nitrogens is 2. The van der Waals surface area contributed by atoms with Gasteiger partial charge in [-0.05, 0) is 13.0 Å². The first-order chi connectivity index (χ1) is 8.92. The molecule has 1 aliphatic heterocycles. The molecule has 0 spiro atoms. The van der Waals surface area contributed by atoms with Crippen molar-refractivity contribution in [3.05, 3.63) is 42.7 Å². The van der Waals surface area contributed by atoms with Crippen molar-refractivity contribution in [2.24, 2.45) is 0 Å². The van der Waals surface area contributed by atoms with Crippen LogP contribution < -0.4 is 10.1 Å². The highest BCUT2D eigenvalue weighted by Gasteiger charge is 2.16. The summed E-state index contributed by atoms with van der Waals surface area (Å²) in [6.45, 7) is 1.91. The number of ether oxygens (including phenoxy) is 1. The summed E-state index contributed by atoms with van der Waals surface area (Å²) in [5.74, 6) is 0.651. The van der Waals surface area contributed by atoms with Crippen LogP contribution in [-0.4, -0.2) is 29.2 Å². The van der Waals surface area contributed by atoms with Crippen molar-refractivity contribution in [3.63, 3.8) is 0 Å². The maximum Gasteiger partial charge on any atom is 0.217 e. The van der Waals surface area contributed by atoms with Crippen molar-refractivity contribution in [2.45, 2.75) is 12.5 Å². The first-order valence-electron chi connectivity index (χ1n) is 6.17. The standard InChI is InChI=1S/C14H15N3O/c1-2-4-11(5-3-1)13-8-14(17-10-16-13)18-12-6-7-15-9-12/h1-5,8,10,12,15H,6-7,9H2. The van der Waals surface area contributed by atoms with Crippen LogP contribution in [-0.2, 0) is 0 Å². The molecule has 18 heavy (non-hydrogen) atoms. The summed E-state index contributed by atoms with van der Waals surface area (Å²) in [6.07, 6.45) is 2.81. The number of benzene rings is 1. The third-order valence-electron chi connectivity index (χ3n) is 3.01.